The van der Waals surface area contributed by atoms with Crippen LogP contribution in [-0.2, 0) is 4.74 Å². The highest BCUT2D eigenvalue weighted by Gasteiger charge is 2.34. The van der Waals surface area contributed by atoms with Crippen molar-refractivity contribution in [1.82, 2.24) is 9.97 Å². The predicted molar refractivity (Wildman–Crippen MR) is 54.6 cm³/mol. The Labute approximate surface area is 88.7 Å². The highest BCUT2D eigenvalue weighted by atomic mass is 16.5. The standard InChI is InChI=1S/C11H14N2O2/c1-7-5-9(6-14)13-11(12-7)10(15-2)8-3-4-8/h5-6,8,10H,3-4H2,1-2H3. The van der Waals surface area contributed by atoms with E-state index < -0.39 is 0 Å². The van der Waals surface area contributed by atoms with Gasteiger partial charge in [-0.3, -0.25) is 4.79 Å². The summed E-state index contributed by atoms with van der Waals surface area (Å²) in [5.41, 5.74) is 1.24. The summed E-state index contributed by atoms with van der Waals surface area (Å²) in [5, 5.41) is 0. The Morgan fingerprint density at radius 3 is 2.80 bits per heavy atom. The van der Waals surface area contributed by atoms with Crippen LogP contribution < -0.4 is 0 Å². The molecule has 4 nitrogen and oxygen atoms in total. The molecule has 0 amide bonds. The third-order valence-electron chi connectivity index (χ3n) is 2.57. The van der Waals surface area contributed by atoms with Crippen molar-refractivity contribution < 1.29 is 9.53 Å². The van der Waals surface area contributed by atoms with Crippen LogP contribution in [0.5, 0.6) is 0 Å². The molecule has 0 aromatic carbocycles. The number of carbonyl (C=O) groups is 1. The van der Waals surface area contributed by atoms with E-state index in [4.69, 9.17) is 4.74 Å². The van der Waals surface area contributed by atoms with E-state index in [-0.39, 0.29) is 6.10 Å². The molecule has 1 unspecified atom stereocenters. The second-order valence-electron chi connectivity index (χ2n) is 3.90. The monoisotopic (exact) mass is 206 g/mol. The molecule has 0 aliphatic heterocycles. The van der Waals surface area contributed by atoms with Crippen molar-refractivity contribution in [2.24, 2.45) is 5.92 Å². The molecule has 1 aliphatic carbocycles. The smallest absolute Gasteiger partial charge is 0.168 e. The van der Waals surface area contributed by atoms with Gasteiger partial charge in [0.1, 0.15) is 11.8 Å². The van der Waals surface area contributed by atoms with Gasteiger partial charge < -0.3 is 4.74 Å². The van der Waals surface area contributed by atoms with Crippen LogP contribution in [0, 0.1) is 12.8 Å². The molecular weight excluding hydrogens is 192 g/mol. The summed E-state index contributed by atoms with van der Waals surface area (Å²) in [6.45, 7) is 1.86. The molecule has 0 spiro atoms. The van der Waals surface area contributed by atoms with E-state index >= 15 is 0 Å². The van der Waals surface area contributed by atoms with Crippen molar-refractivity contribution >= 4 is 6.29 Å². The molecular formula is C11H14N2O2. The Morgan fingerprint density at radius 1 is 1.53 bits per heavy atom. The maximum atomic E-state index is 10.7. The zero-order valence-corrected chi connectivity index (χ0v) is 8.93. The maximum absolute atomic E-state index is 10.7. The number of carbonyl (C=O) groups excluding carboxylic acids is 1. The molecule has 1 fully saturated rings. The van der Waals surface area contributed by atoms with Crippen LogP contribution in [0.2, 0.25) is 0 Å². The van der Waals surface area contributed by atoms with Crippen LogP contribution in [0.4, 0.5) is 0 Å². The zero-order valence-electron chi connectivity index (χ0n) is 8.93. The molecule has 1 aliphatic rings. The van der Waals surface area contributed by atoms with Gasteiger partial charge in [0, 0.05) is 12.8 Å². The van der Waals surface area contributed by atoms with Crippen molar-refractivity contribution in [3.8, 4) is 0 Å². The fourth-order valence-electron chi connectivity index (χ4n) is 1.71. The van der Waals surface area contributed by atoms with Crippen molar-refractivity contribution in [1.29, 1.82) is 0 Å². The molecule has 15 heavy (non-hydrogen) atoms. The second-order valence-corrected chi connectivity index (χ2v) is 3.90. The third kappa shape index (κ3) is 2.21. The van der Waals surface area contributed by atoms with E-state index in [1.165, 1.54) is 0 Å². The Hall–Kier alpha value is -1.29. The number of aldehydes is 1. The summed E-state index contributed by atoms with van der Waals surface area (Å²) >= 11 is 0. The number of aromatic nitrogens is 2. The third-order valence-corrected chi connectivity index (χ3v) is 2.57. The lowest BCUT2D eigenvalue weighted by molar-refractivity contribution is 0.0768. The number of rotatable bonds is 4. The lowest BCUT2D eigenvalue weighted by atomic mass is 10.2. The van der Waals surface area contributed by atoms with Gasteiger partial charge in [-0.25, -0.2) is 9.97 Å². The molecule has 2 rings (SSSR count). The quantitative estimate of drug-likeness (QED) is 0.703. The summed E-state index contributed by atoms with van der Waals surface area (Å²) in [7, 11) is 1.66. The van der Waals surface area contributed by atoms with Crippen LogP contribution in [0.1, 0.15) is 41.0 Å². The minimum Gasteiger partial charge on any atom is -0.373 e. The molecule has 80 valence electrons. The highest BCUT2D eigenvalue weighted by Crippen LogP contribution is 2.41. The predicted octanol–water partition coefficient (Wildman–Crippen LogP) is 1.70. The van der Waals surface area contributed by atoms with E-state index in [9.17, 15) is 4.79 Å². The van der Waals surface area contributed by atoms with Crippen LogP contribution in [0.3, 0.4) is 0 Å². The first-order chi connectivity index (χ1) is 7.24. The fraction of sp³-hybridized carbons (Fsp3) is 0.545. The Kier molecular flexibility index (Phi) is 2.77. The van der Waals surface area contributed by atoms with E-state index in [1.54, 1.807) is 13.2 Å². The van der Waals surface area contributed by atoms with Gasteiger partial charge in [0.25, 0.3) is 0 Å². The molecule has 1 heterocycles. The van der Waals surface area contributed by atoms with Gasteiger partial charge in [-0.05, 0) is 31.7 Å². The molecule has 0 radical (unpaired) electrons. The normalized spacial score (nSPS) is 17.5. The minimum absolute atomic E-state index is 0.0522. The summed E-state index contributed by atoms with van der Waals surface area (Å²) in [6, 6.07) is 1.68. The van der Waals surface area contributed by atoms with Crippen molar-refractivity contribution in [2.45, 2.75) is 25.9 Å². The van der Waals surface area contributed by atoms with Gasteiger partial charge in [0.05, 0.1) is 0 Å². The van der Waals surface area contributed by atoms with Crippen molar-refractivity contribution in [2.75, 3.05) is 7.11 Å². The number of methoxy groups -OCH3 is 1. The first kappa shape index (κ1) is 10.2. The number of hydrogen-bond acceptors (Lipinski definition) is 4. The summed E-state index contributed by atoms with van der Waals surface area (Å²) < 4.78 is 5.37. The van der Waals surface area contributed by atoms with Crippen LogP contribution in [0.15, 0.2) is 6.07 Å². The topological polar surface area (TPSA) is 52.1 Å². The second kappa shape index (κ2) is 4.06. The van der Waals surface area contributed by atoms with Gasteiger partial charge in [-0.15, -0.1) is 0 Å². The zero-order chi connectivity index (χ0) is 10.8. The lowest BCUT2D eigenvalue weighted by Gasteiger charge is -2.13. The first-order valence-corrected chi connectivity index (χ1v) is 5.08. The number of hydrogen-bond donors (Lipinski definition) is 0. The summed E-state index contributed by atoms with van der Waals surface area (Å²) in [6.07, 6.45) is 3.01. The summed E-state index contributed by atoms with van der Waals surface area (Å²) in [4.78, 5) is 19.2. The van der Waals surface area contributed by atoms with Gasteiger partial charge in [-0.2, -0.15) is 0 Å². The summed E-state index contributed by atoms with van der Waals surface area (Å²) in [5.74, 6) is 1.17. The van der Waals surface area contributed by atoms with Gasteiger partial charge in [0.15, 0.2) is 12.1 Å². The number of ether oxygens (including phenoxy) is 1. The molecule has 4 heteroatoms. The first-order valence-electron chi connectivity index (χ1n) is 5.08. The van der Waals surface area contributed by atoms with E-state index in [2.05, 4.69) is 9.97 Å². The lowest BCUT2D eigenvalue weighted by Crippen LogP contribution is -2.11. The van der Waals surface area contributed by atoms with Gasteiger partial charge in [0.2, 0.25) is 0 Å². The SMILES string of the molecule is COC(c1nc(C)cc(C=O)n1)C1CC1. The van der Waals surface area contributed by atoms with Gasteiger partial charge in [-0.1, -0.05) is 0 Å². The van der Waals surface area contributed by atoms with Crippen LogP contribution in [-0.4, -0.2) is 23.4 Å². The number of aryl methyl sites for hydroxylation is 1. The van der Waals surface area contributed by atoms with Crippen LogP contribution in [0.25, 0.3) is 0 Å². The minimum atomic E-state index is -0.0522. The van der Waals surface area contributed by atoms with E-state index in [0.29, 0.717) is 17.4 Å². The molecule has 0 bridgehead atoms. The average molecular weight is 206 g/mol. The maximum Gasteiger partial charge on any atom is 0.168 e. The largest absolute Gasteiger partial charge is 0.373 e. The Balaban J connectivity index is 2.32. The molecule has 1 atom stereocenters. The Bertz CT molecular complexity index is 375. The molecule has 0 saturated heterocycles. The molecule has 1 saturated carbocycles. The fourth-order valence-corrected chi connectivity index (χ4v) is 1.71. The average Bonchev–Trinajstić information content (AvgIpc) is 3.02. The van der Waals surface area contributed by atoms with Crippen molar-refractivity contribution in [3.05, 3.63) is 23.3 Å². The van der Waals surface area contributed by atoms with E-state index in [1.807, 2.05) is 6.92 Å². The van der Waals surface area contributed by atoms with E-state index in [0.717, 1.165) is 24.8 Å². The molecule has 0 N–H and O–H groups in total. The van der Waals surface area contributed by atoms with Crippen molar-refractivity contribution in [3.63, 3.8) is 0 Å². The van der Waals surface area contributed by atoms with Gasteiger partial charge >= 0.3 is 0 Å². The highest BCUT2D eigenvalue weighted by molar-refractivity contribution is 5.71. The number of nitrogens with zero attached hydrogens (tertiary/aromatic N) is 2. The molecule has 1 aromatic heterocycles. The van der Waals surface area contributed by atoms with Crippen LogP contribution >= 0.6 is 0 Å². The Morgan fingerprint density at radius 2 is 2.27 bits per heavy atom. The molecule has 1 aromatic rings.